The molecule has 2 rings (SSSR count). The summed E-state index contributed by atoms with van der Waals surface area (Å²) in [6, 6.07) is 4.09. The Hall–Kier alpha value is -1.69. The molecule has 0 aliphatic rings. The van der Waals surface area contributed by atoms with Crippen LogP contribution in [0.1, 0.15) is 29.4 Å². The first-order valence-corrected chi connectivity index (χ1v) is 7.35. The van der Waals surface area contributed by atoms with Crippen LogP contribution in [0.4, 0.5) is 14.5 Å². The molecule has 1 aromatic heterocycles. The van der Waals surface area contributed by atoms with Crippen LogP contribution in [0.5, 0.6) is 0 Å². The van der Waals surface area contributed by atoms with Gasteiger partial charge in [-0.1, -0.05) is 13.0 Å². The van der Waals surface area contributed by atoms with E-state index in [4.69, 9.17) is 0 Å². The Morgan fingerprint density at radius 1 is 1.38 bits per heavy atom. The van der Waals surface area contributed by atoms with Gasteiger partial charge in [-0.3, -0.25) is 4.79 Å². The molecule has 0 unspecified atom stereocenters. The van der Waals surface area contributed by atoms with Gasteiger partial charge in [0, 0.05) is 17.2 Å². The molecule has 0 aliphatic carbocycles. The highest BCUT2D eigenvalue weighted by atomic mass is 79.9. The second-order valence-electron chi connectivity index (χ2n) is 4.74. The average Bonchev–Trinajstić information content (AvgIpc) is 2.80. The summed E-state index contributed by atoms with van der Waals surface area (Å²) in [6.45, 7) is 4.14. The number of aryl methyl sites for hydroxylation is 2. The molecule has 0 atom stereocenters. The molecule has 2 aromatic rings. The zero-order chi connectivity index (χ0) is 15.6. The number of halogens is 3. The lowest BCUT2D eigenvalue weighted by Gasteiger charge is -2.11. The van der Waals surface area contributed by atoms with E-state index < -0.39 is 23.2 Å². The topological polar surface area (TPSA) is 34.0 Å². The highest BCUT2D eigenvalue weighted by Gasteiger charge is 2.18. The summed E-state index contributed by atoms with van der Waals surface area (Å²) in [5.41, 5.74) is 0.209. The van der Waals surface area contributed by atoms with Crippen molar-refractivity contribution in [1.82, 2.24) is 4.57 Å². The highest BCUT2D eigenvalue weighted by molar-refractivity contribution is 9.10. The first kappa shape index (κ1) is 15.7. The number of benzene rings is 1. The van der Waals surface area contributed by atoms with Crippen molar-refractivity contribution in [3.63, 3.8) is 0 Å². The molecule has 0 spiro atoms. The molecular weight excluding hydrogens is 342 g/mol. The Labute approximate surface area is 130 Å². The van der Waals surface area contributed by atoms with Crippen LogP contribution in [0.2, 0.25) is 0 Å². The molecule has 1 aromatic carbocycles. The van der Waals surface area contributed by atoms with Crippen molar-refractivity contribution in [3.05, 3.63) is 51.8 Å². The number of nitrogens with zero attached hydrogens (tertiary/aromatic N) is 1. The summed E-state index contributed by atoms with van der Waals surface area (Å²) in [5.74, 6) is -2.09. The van der Waals surface area contributed by atoms with Crippen LogP contribution in [-0.4, -0.2) is 10.5 Å². The fourth-order valence-corrected chi connectivity index (χ4v) is 2.50. The van der Waals surface area contributed by atoms with Crippen molar-refractivity contribution in [2.24, 2.45) is 0 Å². The number of nitrogens with one attached hydrogen (secondary N) is 1. The number of hydrogen-bond acceptors (Lipinski definition) is 1. The van der Waals surface area contributed by atoms with Crippen molar-refractivity contribution in [3.8, 4) is 0 Å². The molecule has 0 saturated carbocycles. The zero-order valence-electron chi connectivity index (χ0n) is 11.7. The van der Waals surface area contributed by atoms with Crippen LogP contribution in [-0.2, 0) is 6.54 Å². The molecule has 0 fully saturated rings. The predicted octanol–water partition coefficient (Wildman–Crippen LogP) is 4.50. The van der Waals surface area contributed by atoms with Crippen LogP contribution in [0.3, 0.4) is 0 Å². The quantitative estimate of drug-likeness (QED) is 0.859. The van der Waals surface area contributed by atoms with Gasteiger partial charge in [0.2, 0.25) is 0 Å². The molecule has 1 amide bonds. The van der Waals surface area contributed by atoms with E-state index in [-0.39, 0.29) is 5.56 Å². The summed E-state index contributed by atoms with van der Waals surface area (Å²) in [7, 11) is 0. The Morgan fingerprint density at radius 3 is 2.76 bits per heavy atom. The summed E-state index contributed by atoms with van der Waals surface area (Å²) in [5, 5.41) is 2.32. The van der Waals surface area contributed by atoms with Gasteiger partial charge in [-0.15, -0.1) is 0 Å². The minimum atomic E-state index is -0.792. The van der Waals surface area contributed by atoms with Crippen molar-refractivity contribution in [1.29, 1.82) is 0 Å². The molecule has 0 aliphatic heterocycles. The number of hydrogen-bond donors (Lipinski definition) is 1. The molecule has 21 heavy (non-hydrogen) atoms. The van der Waals surface area contributed by atoms with Crippen molar-refractivity contribution >= 4 is 27.5 Å². The third-order valence-electron chi connectivity index (χ3n) is 3.08. The van der Waals surface area contributed by atoms with Gasteiger partial charge in [-0.2, -0.15) is 0 Å². The number of carbonyl (C=O) groups excluding carboxylic acids is 1. The van der Waals surface area contributed by atoms with E-state index in [1.165, 1.54) is 13.0 Å². The molecule has 6 heteroatoms. The first-order valence-electron chi connectivity index (χ1n) is 6.55. The van der Waals surface area contributed by atoms with Gasteiger partial charge < -0.3 is 9.88 Å². The van der Waals surface area contributed by atoms with Gasteiger partial charge in [-0.25, -0.2) is 8.78 Å². The number of aromatic nitrogens is 1. The first-order chi connectivity index (χ1) is 9.93. The highest BCUT2D eigenvalue weighted by Crippen LogP contribution is 2.23. The molecule has 112 valence electrons. The third-order valence-corrected chi connectivity index (χ3v) is 3.52. The second kappa shape index (κ2) is 6.39. The maximum Gasteiger partial charge on any atom is 0.272 e. The Balaban J connectivity index is 2.33. The Morgan fingerprint density at radius 2 is 2.10 bits per heavy atom. The SMILES string of the molecule is CCCn1cc(Br)cc1C(=O)Nc1c(F)ccc(C)c1F. The monoisotopic (exact) mass is 356 g/mol. The van der Waals surface area contributed by atoms with Crippen LogP contribution in [0.25, 0.3) is 0 Å². The minimum Gasteiger partial charge on any atom is -0.342 e. The van der Waals surface area contributed by atoms with Gasteiger partial charge in [-0.05, 0) is 47.0 Å². The Kier molecular flexibility index (Phi) is 4.77. The fraction of sp³-hybridized carbons (Fsp3) is 0.267. The van der Waals surface area contributed by atoms with Gasteiger partial charge in [0.25, 0.3) is 5.91 Å². The average molecular weight is 357 g/mol. The van der Waals surface area contributed by atoms with Gasteiger partial charge in [0.05, 0.1) is 0 Å². The van der Waals surface area contributed by atoms with Crippen LogP contribution in [0, 0.1) is 18.6 Å². The maximum atomic E-state index is 13.9. The standard InChI is InChI=1S/C15H15BrF2N2O/c1-3-6-20-8-10(16)7-12(20)15(21)19-14-11(17)5-4-9(2)13(14)18/h4-5,7-8H,3,6H2,1-2H3,(H,19,21). The lowest BCUT2D eigenvalue weighted by molar-refractivity contribution is 0.101. The predicted molar refractivity (Wildman–Crippen MR) is 81.5 cm³/mol. The molecule has 0 saturated heterocycles. The molecular formula is C15H15BrF2N2O. The molecule has 1 heterocycles. The lowest BCUT2D eigenvalue weighted by atomic mass is 10.2. The van der Waals surface area contributed by atoms with E-state index in [1.54, 1.807) is 16.8 Å². The summed E-state index contributed by atoms with van der Waals surface area (Å²) in [6.07, 6.45) is 2.61. The van der Waals surface area contributed by atoms with Gasteiger partial charge in [0.1, 0.15) is 17.2 Å². The van der Waals surface area contributed by atoms with Gasteiger partial charge >= 0.3 is 0 Å². The van der Waals surface area contributed by atoms with Crippen LogP contribution in [0.15, 0.2) is 28.9 Å². The molecule has 0 radical (unpaired) electrons. The van der Waals surface area contributed by atoms with Crippen LogP contribution >= 0.6 is 15.9 Å². The number of amides is 1. The molecule has 3 nitrogen and oxygen atoms in total. The van der Waals surface area contributed by atoms with Crippen molar-refractivity contribution < 1.29 is 13.6 Å². The molecule has 0 bridgehead atoms. The van der Waals surface area contributed by atoms with E-state index in [0.717, 1.165) is 17.0 Å². The summed E-state index contributed by atoms with van der Waals surface area (Å²) in [4.78, 5) is 12.3. The van der Waals surface area contributed by atoms with Gasteiger partial charge in [0.15, 0.2) is 5.82 Å². The smallest absolute Gasteiger partial charge is 0.272 e. The largest absolute Gasteiger partial charge is 0.342 e. The second-order valence-corrected chi connectivity index (χ2v) is 5.66. The van der Waals surface area contributed by atoms with E-state index in [2.05, 4.69) is 21.2 Å². The maximum absolute atomic E-state index is 13.9. The third kappa shape index (κ3) is 3.32. The van der Waals surface area contributed by atoms with E-state index in [1.807, 2.05) is 6.92 Å². The number of carbonyl (C=O) groups is 1. The van der Waals surface area contributed by atoms with Crippen LogP contribution < -0.4 is 5.32 Å². The minimum absolute atomic E-state index is 0.275. The number of anilines is 1. The summed E-state index contributed by atoms with van der Waals surface area (Å²) >= 11 is 3.30. The van der Waals surface area contributed by atoms with Crippen molar-refractivity contribution in [2.45, 2.75) is 26.8 Å². The number of rotatable bonds is 4. The molecule has 1 N–H and O–H groups in total. The lowest BCUT2D eigenvalue weighted by Crippen LogP contribution is -2.18. The summed E-state index contributed by atoms with van der Waals surface area (Å²) < 4.78 is 30.1. The van der Waals surface area contributed by atoms with E-state index >= 15 is 0 Å². The van der Waals surface area contributed by atoms with Crippen molar-refractivity contribution in [2.75, 3.05) is 5.32 Å². The fourth-order valence-electron chi connectivity index (χ4n) is 2.04. The normalized spacial score (nSPS) is 10.7. The Bertz CT molecular complexity index is 683. The van der Waals surface area contributed by atoms with E-state index in [0.29, 0.717) is 12.2 Å². The zero-order valence-corrected chi connectivity index (χ0v) is 13.3. The van der Waals surface area contributed by atoms with E-state index in [9.17, 15) is 13.6 Å².